The Bertz CT molecular complexity index is 1060. The number of H-pyrrole nitrogens is 1. The van der Waals surface area contributed by atoms with Gasteiger partial charge >= 0.3 is 5.97 Å². The molecule has 1 aliphatic rings. The number of aromatic nitrogens is 1. The summed E-state index contributed by atoms with van der Waals surface area (Å²) >= 11 is 4.02. The van der Waals surface area contributed by atoms with Crippen molar-refractivity contribution in [2.75, 3.05) is 18.9 Å². The van der Waals surface area contributed by atoms with E-state index in [1.165, 1.54) is 4.90 Å². The maximum absolute atomic E-state index is 12.8. The van der Waals surface area contributed by atoms with E-state index >= 15 is 0 Å². The fraction of sp³-hybridized carbons (Fsp3) is 0.455. The minimum absolute atomic E-state index is 0.00367. The van der Waals surface area contributed by atoms with Crippen molar-refractivity contribution in [3.63, 3.8) is 0 Å². The predicted octanol–water partition coefficient (Wildman–Crippen LogP) is -0.995. The fourth-order valence-corrected chi connectivity index (χ4v) is 4.21. The highest BCUT2D eigenvalue weighted by atomic mass is 32.1. The largest absolute Gasteiger partial charge is 0.480 e. The molecule has 3 rings (SSSR count). The van der Waals surface area contributed by atoms with Crippen LogP contribution < -0.4 is 16.4 Å². The standard InChI is InChI=1S/C22H29N5O6S/c23-14(11-34)21(31)27-7-3-6-18(27)20(30)26-17(10-28)19(29)25-16(22(32)33)8-12-9-24-15-5-2-1-4-13(12)15/h1-2,4-5,9,14,16-18,24,28,34H,3,6-8,10-11,23H2,(H,25,29)(H,26,30)(H,32,33). The predicted molar refractivity (Wildman–Crippen MR) is 127 cm³/mol. The molecule has 184 valence electrons. The quantitative estimate of drug-likeness (QED) is 0.208. The van der Waals surface area contributed by atoms with Gasteiger partial charge in [0.25, 0.3) is 0 Å². The number of thiol groups is 1. The minimum Gasteiger partial charge on any atom is -0.480 e. The van der Waals surface area contributed by atoms with Crippen molar-refractivity contribution in [2.45, 2.75) is 43.4 Å². The summed E-state index contributed by atoms with van der Waals surface area (Å²) in [7, 11) is 0. The number of aromatic amines is 1. The van der Waals surface area contributed by atoms with Gasteiger partial charge in [0.15, 0.2) is 0 Å². The lowest BCUT2D eigenvalue weighted by Gasteiger charge is -2.27. The normalized spacial score (nSPS) is 18.3. The summed E-state index contributed by atoms with van der Waals surface area (Å²) in [6, 6.07) is 3.02. The number of likely N-dealkylation sites (tertiary alicyclic amines) is 1. The number of aliphatic hydroxyl groups is 1. The Labute approximate surface area is 201 Å². The molecule has 0 radical (unpaired) electrons. The zero-order chi connectivity index (χ0) is 24.8. The first-order chi connectivity index (χ1) is 16.3. The van der Waals surface area contributed by atoms with Crippen LogP contribution in [0.2, 0.25) is 0 Å². The molecule has 4 unspecified atom stereocenters. The van der Waals surface area contributed by atoms with Gasteiger partial charge in [-0.2, -0.15) is 12.6 Å². The molecule has 1 aromatic heterocycles. The average molecular weight is 492 g/mol. The van der Waals surface area contributed by atoms with E-state index in [2.05, 4.69) is 28.2 Å². The maximum atomic E-state index is 12.8. The third-order valence-corrected chi connectivity index (χ3v) is 6.27. The zero-order valence-corrected chi connectivity index (χ0v) is 19.3. The third-order valence-electron chi connectivity index (χ3n) is 5.88. The molecule has 1 aliphatic heterocycles. The zero-order valence-electron chi connectivity index (χ0n) is 18.4. The first-order valence-corrected chi connectivity index (χ1v) is 11.6. The average Bonchev–Trinajstić information content (AvgIpc) is 3.48. The van der Waals surface area contributed by atoms with Crippen LogP contribution >= 0.6 is 12.6 Å². The van der Waals surface area contributed by atoms with Crippen molar-refractivity contribution >= 4 is 47.2 Å². The second-order valence-electron chi connectivity index (χ2n) is 8.19. The van der Waals surface area contributed by atoms with Gasteiger partial charge in [0.2, 0.25) is 17.7 Å². The van der Waals surface area contributed by atoms with Crippen LogP contribution in [0.25, 0.3) is 10.9 Å². The summed E-state index contributed by atoms with van der Waals surface area (Å²) < 4.78 is 0. The molecule has 0 bridgehead atoms. The molecule has 12 heteroatoms. The number of aliphatic carboxylic acids is 1. The number of rotatable bonds is 10. The second-order valence-corrected chi connectivity index (χ2v) is 8.55. The molecule has 0 saturated carbocycles. The van der Waals surface area contributed by atoms with Gasteiger partial charge in [-0.1, -0.05) is 18.2 Å². The Morgan fingerprint density at radius 2 is 1.94 bits per heavy atom. The van der Waals surface area contributed by atoms with Crippen LogP contribution in [0.1, 0.15) is 18.4 Å². The molecule has 1 saturated heterocycles. The molecule has 34 heavy (non-hydrogen) atoms. The van der Waals surface area contributed by atoms with Gasteiger partial charge in [-0.05, 0) is 24.5 Å². The number of carboxylic acid groups (broad SMARTS) is 1. The summed E-state index contributed by atoms with van der Waals surface area (Å²) in [6.45, 7) is -0.395. The van der Waals surface area contributed by atoms with Gasteiger partial charge in [0.05, 0.1) is 12.6 Å². The van der Waals surface area contributed by atoms with E-state index in [1.54, 1.807) is 6.20 Å². The molecule has 2 heterocycles. The molecule has 2 aromatic rings. The van der Waals surface area contributed by atoms with Crippen LogP contribution in [0.4, 0.5) is 0 Å². The van der Waals surface area contributed by atoms with Crippen LogP contribution in [0, 0.1) is 0 Å². The van der Waals surface area contributed by atoms with E-state index in [0.29, 0.717) is 24.9 Å². The number of carbonyl (C=O) groups excluding carboxylic acids is 3. The topological polar surface area (TPSA) is 178 Å². The SMILES string of the molecule is NC(CS)C(=O)N1CCCC1C(=O)NC(CO)C(=O)NC(Cc1c[nH]c2ccccc12)C(=O)O. The Morgan fingerprint density at radius 3 is 2.62 bits per heavy atom. The van der Waals surface area contributed by atoms with Crippen molar-refractivity contribution in [1.29, 1.82) is 0 Å². The molecular weight excluding hydrogens is 462 g/mol. The number of fused-ring (bicyclic) bond motifs is 1. The van der Waals surface area contributed by atoms with E-state index < -0.39 is 54.5 Å². The van der Waals surface area contributed by atoms with Crippen LogP contribution in [-0.4, -0.2) is 86.9 Å². The van der Waals surface area contributed by atoms with Crippen molar-refractivity contribution in [3.8, 4) is 0 Å². The van der Waals surface area contributed by atoms with Crippen molar-refractivity contribution in [1.82, 2.24) is 20.5 Å². The van der Waals surface area contributed by atoms with E-state index in [9.17, 15) is 29.4 Å². The van der Waals surface area contributed by atoms with Crippen LogP contribution in [0.15, 0.2) is 30.5 Å². The molecular formula is C22H29N5O6S. The Kier molecular flexibility index (Phi) is 8.53. The number of hydrogen-bond donors (Lipinski definition) is 7. The monoisotopic (exact) mass is 491 g/mol. The van der Waals surface area contributed by atoms with Crippen LogP contribution in [0.5, 0.6) is 0 Å². The first kappa shape index (κ1) is 25.5. The summed E-state index contributed by atoms with van der Waals surface area (Å²) in [5, 5.41) is 25.0. The Morgan fingerprint density at radius 1 is 1.21 bits per heavy atom. The molecule has 3 amide bonds. The number of nitrogens with zero attached hydrogens (tertiary/aromatic N) is 1. The number of hydrogen-bond acceptors (Lipinski definition) is 7. The summed E-state index contributed by atoms with van der Waals surface area (Å²) in [6.07, 6.45) is 2.66. The van der Waals surface area contributed by atoms with Gasteiger partial charge in [0, 0.05) is 35.8 Å². The highest BCUT2D eigenvalue weighted by Gasteiger charge is 2.37. The highest BCUT2D eigenvalue weighted by molar-refractivity contribution is 7.80. The molecule has 0 spiro atoms. The van der Waals surface area contributed by atoms with E-state index in [-0.39, 0.29) is 12.2 Å². The Balaban J connectivity index is 1.66. The minimum atomic E-state index is -1.38. The molecule has 1 fully saturated rings. The number of carboxylic acids is 1. The highest BCUT2D eigenvalue weighted by Crippen LogP contribution is 2.20. The van der Waals surface area contributed by atoms with E-state index in [0.717, 1.165) is 10.9 Å². The van der Waals surface area contributed by atoms with Gasteiger partial charge in [-0.25, -0.2) is 4.79 Å². The van der Waals surface area contributed by atoms with E-state index in [4.69, 9.17) is 5.73 Å². The third kappa shape index (κ3) is 5.69. The van der Waals surface area contributed by atoms with Crippen molar-refractivity contribution < 1.29 is 29.4 Å². The molecule has 11 nitrogen and oxygen atoms in total. The van der Waals surface area contributed by atoms with Gasteiger partial charge < -0.3 is 36.5 Å². The number of benzene rings is 1. The molecule has 1 aromatic carbocycles. The summed E-state index contributed by atoms with van der Waals surface area (Å²) in [5.41, 5.74) is 7.28. The summed E-state index contributed by atoms with van der Waals surface area (Å²) in [5.74, 6) is -3.00. The number of carbonyl (C=O) groups is 4. The van der Waals surface area contributed by atoms with Crippen molar-refractivity contribution in [2.24, 2.45) is 5.73 Å². The molecule has 4 atom stereocenters. The number of nitrogens with two attached hydrogens (primary N) is 1. The Hall–Kier alpha value is -3.09. The first-order valence-electron chi connectivity index (χ1n) is 10.9. The lowest BCUT2D eigenvalue weighted by molar-refractivity contribution is -0.143. The fourth-order valence-electron chi connectivity index (χ4n) is 4.05. The van der Waals surface area contributed by atoms with Gasteiger partial charge in [-0.3, -0.25) is 14.4 Å². The number of aliphatic hydroxyl groups excluding tert-OH is 1. The van der Waals surface area contributed by atoms with Gasteiger partial charge in [-0.15, -0.1) is 0 Å². The number of para-hydroxylation sites is 1. The number of nitrogens with one attached hydrogen (secondary N) is 3. The molecule has 7 N–H and O–H groups in total. The molecule has 0 aliphatic carbocycles. The van der Waals surface area contributed by atoms with E-state index in [1.807, 2.05) is 24.3 Å². The lowest BCUT2D eigenvalue weighted by atomic mass is 10.0. The van der Waals surface area contributed by atoms with Crippen molar-refractivity contribution in [3.05, 3.63) is 36.0 Å². The van der Waals surface area contributed by atoms with Gasteiger partial charge in [0.1, 0.15) is 18.1 Å². The summed E-state index contributed by atoms with van der Waals surface area (Å²) in [4.78, 5) is 54.2. The number of amides is 3. The smallest absolute Gasteiger partial charge is 0.326 e. The lowest BCUT2D eigenvalue weighted by Crippen LogP contribution is -2.58. The maximum Gasteiger partial charge on any atom is 0.326 e. The van der Waals surface area contributed by atoms with Crippen LogP contribution in [0.3, 0.4) is 0 Å². The second kappa shape index (κ2) is 11.4. The van der Waals surface area contributed by atoms with Crippen LogP contribution in [-0.2, 0) is 25.6 Å².